The Hall–Kier alpha value is -2.34. The summed E-state index contributed by atoms with van der Waals surface area (Å²) in [6.07, 6.45) is 1.90. The molecule has 0 saturated carbocycles. The molecule has 2 aliphatic rings. The summed E-state index contributed by atoms with van der Waals surface area (Å²) in [5.41, 5.74) is 0.164. The summed E-state index contributed by atoms with van der Waals surface area (Å²) in [6.45, 7) is 3.34. The van der Waals surface area contributed by atoms with E-state index in [9.17, 15) is 4.79 Å². The predicted octanol–water partition coefficient (Wildman–Crippen LogP) is 3.45. The molecule has 7 heteroatoms. The number of benzene rings is 1. The first-order valence-corrected chi connectivity index (χ1v) is 9.02. The molecule has 3 heterocycles. The van der Waals surface area contributed by atoms with Gasteiger partial charge < -0.3 is 14.4 Å². The van der Waals surface area contributed by atoms with Crippen LogP contribution in [-0.4, -0.2) is 41.6 Å². The monoisotopic (exact) mass is 373 g/mol. The lowest BCUT2D eigenvalue weighted by Crippen LogP contribution is -2.51. The molecular formula is C19H20ClN3O3. The van der Waals surface area contributed by atoms with Gasteiger partial charge in [0.05, 0.1) is 19.1 Å². The van der Waals surface area contributed by atoms with E-state index in [2.05, 4.69) is 14.9 Å². The third-order valence-corrected chi connectivity index (χ3v) is 5.28. The van der Waals surface area contributed by atoms with Crippen LogP contribution in [0.2, 0.25) is 5.15 Å². The highest BCUT2D eigenvalue weighted by molar-refractivity contribution is 6.29. The molecule has 0 atom stereocenters. The molecule has 1 spiro atoms. The van der Waals surface area contributed by atoms with E-state index in [1.54, 1.807) is 19.2 Å². The number of hydrogen-bond donors (Lipinski definition) is 0. The number of carbonyl (C=O) groups is 1. The Labute approximate surface area is 157 Å². The molecule has 0 unspecified atom stereocenters. The topological polar surface area (TPSA) is 64.5 Å². The van der Waals surface area contributed by atoms with E-state index in [4.69, 9.17) is 21.1 Å². The van der Waals surface area contributed by atoms with Crippen molar-refractivity contribution in [1.82, 2.24) is 9.97 Å². The van der Waals surface area contributed by atoms with Crippen LogP contribution >= 0.6 is 11.6 Å². The lowest BCUT2D eigenvalue weighted by Gasteiger charge is -2.44. The van der Waals surface area contributed by atoms with Crippen molar-refractivity contribution in [3.05, 3.63) is 40.8 Å². The summed E-state index contributed by atoms with van der Waals surface area (Å²) in [6, 6.07) is 7.19. The van der Waals surface area contributed by atoms with Crippen molar-refractivity contribution in [2.75, 3.05) is 25.1 Å². The summed E-state index contributed by atoms with van der Waals surface area (Å²) in [7, 11) is 1.59. The number of piperidine rings is 1. The number of carbonyl (C=O) groups excluding carboxylic acids is 1. The molecule has 0 aliphatic carbocycles. The molecule has 1 fully saturated rings. The minimum atomic E-state index is -0.443. The van der Waals surface area contributed by atoms with Crippen molar-refractivity contribution in [2.24, 2.45) is 0 Å². The molecule has 0 amide bonds. The van der Waals surface area contributed by atoms with Crippen LogP contribution in [0.3, 0.4) is 0 Å². The lowest BCUT2D eigenvalue weighted by molar-refractivity contribution is 0.0230. The molecule has 4 rings (SSSR count). The molecule has 1 saturated heterocycles. The minimum Gasteiger partial charge on any atom is -0.497 e. The van der Waals surface area contributed by atoms with Gasteiger partial charge in [-0.3, -0.25) is 4.79 Å². The number of nitrogens with zero attached hydrogens (tertiary/aromatic N) is 3. The van der Waals surface area contributed by atoms with E-state index < -0.39 is 5.60 Å². The normalized spacial score (nSPS) is 18.4. The van der Waals surface area contributed by atoms with Gasteiger partial charge in [-0.15, -0.1) is 0 Å². The van der Waals surface area contributed by atoms with Gasteiger partial charge in [0.25, 0.3) is 0 Å². The van der Waals surface area contributed by atoms with Crippen LogP contribution in [0.4, 0.5) is 5.82 Å². The Balaban J connectivity index is 1.52. The van der Waals surface area contributed by atoms with Crippen LogP contribution in [0.5, 0.6) is 11.5 Å². The molecular weight excluding hydrogens is 354 g/mol. The molecule has 26 heavy (non-hydrogen) atoms. The number of methoxy groups -OCH3 is 1. The first kappa shape index (κ1) is 17.1. The highest BCUT2D eigenvalue weighted by Crippen LogP contribution is 2.41. The van der Waals surface area contributed by atoms with Crippen LogP contribution in [-0.2, 0) is 0 Å². The molecule has 1 aromatic carbocycles. The summed E-state index contributed by atoms with van der Waals surface area (Å²) in [4.78, 5) is 23.4. The van der Waals surface area contributed by atoms with Gasteiger partial charge in [-0.2, -0.15) is 0 Å². The Morgan fingerprint density at radius 2 is 2.00 bits per heavy atom. The fourth-order valence-corrected chi connectivity index (χ4v) is 3.92. The largest absolute Gasteiger partial charge is 0.497 e. The van der Waals surface area contributed by atoms with Gasteiger partial charge in [0.15, 0.2) is 5.78 Å². The zero-order valence-corrected chi connectivity index (χ0v) is 15.5. The van der Waals surface area contributed by atoms with Gasteiger partial charge in [-0.25, -0.2) is 9.97 Å². The second-order valence-electron chi connectivity index (χ2n) is 6.83. The number of ether oxygens (including phenoxy) is 2. The van der Waals surface area contributed by atoms with Crippen molar-refractivity contribution in [3.63, 3.8) is 0 Å². The van der Waals surface area contributed by atoms with Gasteiger partial charge in [0.1, 0.15) is 33.9 Å². The fraction of sp³-hybridized carbons (Fsp3) is 0.421. The number of Topliss-reactive ketones (excluding diaryl/α,β-unsaturated/α-hetero) is 1. The summed E-state index contributed by atoms with van der Waals surface area (Å²) in [5, 5.41) is 0.444. The number of halogens is 1. The SMILES string of the molecule is COc1ccc2c(c1)C(=O)CC1(CCN(c3cc(Cl)nc(C)n3)CC1)O2. The van der Waals surface area contributed by atoms with Crippen LogP contribution in [0.25, 0.3) is 0 Å². The van der Waals surface area contributed by atoms with Gasteiger partial charge in [0, 0.05) is 32.0 Å². The highest BCUT2D eigenvalue weighted by atomic mass is 35.5. The average molecular weight is 374 g/mol. The van der Waals surface area contributed by atoms with E-state index in [1.165, 1.54) is 0 Å². The van der Waals surface area contributed by atoms with Crippen LogP contribution < -0.4 is 14.4 Å². The maximum atomic E-state index is 12.7. The number of aromatic nitrogens is 2. The van der Waals surface area contributed by atoms with Crippen LogP contribution in [0.15, 0.2) is 24.3 Å². The van der Waals surface area contributed by atoms with Crippen molar-refractivity contribution >= 4 is 23.2 Å². The molecule has 0 N–H and O–H groups in total. The highest BCUT2D eigenvalue weighted by Gasteiger charge is 2.43. The fourth-order valence-electron chi connectivity index (χ4n) is 3.70. The van der Waals surface area contributed by atoms with Gasteiger partial charge in [-0.05, 0) is 25.1 Å². The molecule has 1 aromatic heterocycles. The van der Waals surface area contributed by atoms with Gasteiger partial charge in [0.2, 0.25) is 0 Å². The summed E-state index contributed by atoms with van der Waals surface area (Å²) in [5.74, 6) is 2.91. The Morgan fingerprint density at radius 1 is 1.23 bits per heavy atom. The second-order valence-corrected chi connectivity index (χ2v) is 7.22. The van der Waals surface area contributed by atoms with Gasteiger partial charge >= 0.3 is 0 Å². The molecule has 0 bridgehead atoms. The number of aryl methyl sites for hydroxylation is 1. The average Bonchev–Trinajstić information content (AvgIpc) is 2.61. The van der Waals surface area contributed by atoms with Crippen molar-refractivity contribution in [1.29, 1.82) is 0 Å². The van der Waals surface area contributed by atoms with Crippen LogP contribution in [0, 0.1) is 6.92 Å². The third-order valence-electron chi connectivity index (χ3n) is 5.09. The van der Waals surface area contributed by atoms with Crippen molar-refractivity contribution in [3.8, 4) is 11.5 Å². The standard InChI is InChI=1S/C19H20ClN3O3/c1-12-21-17(20)10-18(22-12)23-7-5-19(6-8-23)11-15(24)14-9-13(25-2)3-4-16(14)26-19/h3-4,9-10H,5-8,11H2,1-2H3. The van der Waals surface area contributed by atoms with E-state index in [-0.39, 0.29) is 5.78 Å². The number of ketones is 1. The van der Waals surface area contributed by atoms with E-state index in [0.29, 0.717) is 34.5 Å². The van der Waals surface area contributed by atoms with E-state index >= 15 is 0 Å². The number of rotatable bonds is 2. The second kappa shape index (κ2) is 6.43. The molecule has 2 aromatic rings. The van der Waals surface area contributed by atoms with E-state index in [0.717, 1.165) is 31.7 Å². The Morgan fingerprint density at radius 3 is 2.69 bits per heavy atom. The molecule has 2 aliphatic heterocycles. The van der Waals surface area contributed by atoms with Crippen molar-refractivity contribution < 1.29 is 14.3 Å². The smallest absolute Gasteiger partial charge is 0.170 e. The Kier molecular flexibility index (Phi) is 4.23. The zero-order chi connectivity index (χ0) is 18.3. The maximum absolute atomic E-state index is 12.7. The molecule has 136 valence electrons. The quantitative estimate of drug-likeness (QED) is 0.751. The first-order chi connectivity index (χ1) is 12.5. The number of hydrogen-bond acceptors (Lipinski definition) is 6. The van der Waals surface area contributed by atoms with Crippen LogP contribution in [0.1, 0.15) is 35.4 Å². The third kappa shape index (κ3) is 3.09. The van der Waals surface area contributed by atoms with E-state index in [1.807, 2.05) is 19.1 Å². The van der Waals surface area contributed by atoms with Gasteiger partial charge in [-0.1, -0.05) is 11.6 Å². The Bertz CT molecular complexity index is 843. The summed E-state index contributed by atoms with van der Waals surface area (Å²) < 4.78 is 11.5. The zero-order valence-electron chi connectivity index (χ0n) is 14.8. The molecule has 0 radical (unpaired) electrons. The molecule has 6 nitrogen and oxygen atoms in total. The maximum Gasteiger partial charge on any atom is 0.170 e. The lowest BCUT2D eigenvalue weighted by atomic mass is 9.82. The minimum absolute atomic E-state index is 0.111. The summed E-state index contributed by atoms with van der Waals surface area (Å²) >= 11 is 6.05. The number of anilines is 1. The number of fused-ring (bicyclic) bond motifs is 1. The van der Waals surface area contributed by atoms with Crippen molar-refractivity contribution in [2.45, 2.75) is 31.8 Å². The first-order valence-electron chi connectivity index (χ1n) is 8.64. The predicted molar refractivity (Wildman–Crippen MR) is 98.5 cm³/mol.